The van der Waals surface area contributed by atoms with Crippen LogP contribution in [0.4, 0.5) is 0 Å². The zero-order chi connectivity index (χ0) is 10.1. The molecule has 2 N–H and O–H groups in total. The van der Waals surface area contributed by atoms with Gasteiger partial charge >= 0.3 is 0 Å². The first-order valence-corrected chi connectivity index (χ1v) is 4.81. The number of hydrogen-bond donors (Lipinski definition) is 2. The summed E-state index contributed by atoms with van der Waals surface area (Å²) in [6.45, 7) is 3.19. The van der Waals surface area contributed by atoms with Crippen LogP contribution >= 0.6 is 0 Å². The van der Waals surface area contributed by atoms with Crippen molar-refractivity contribution in [2.24, 2.45) is 0 Å². The van der Waals surface area contributed by atoms with Gasteiger partial charge in [-0.15, -0.1) is 0 Å². The number of phenolic OH excluding ortho intramolecular Hbond substituents is 1. The molecule has 0 aliphatic carbocycles. The third kappa shape index (κ3) is 2.30. The Morgan fingerprint density at radius 3 is 2.46 bits per heavy atom. The maximum absolute atomic E-state index is 10.6. The Morgan fingerprint density at radius 1 is 1.38 bits per heavy atom. The van der Waals surface area contributed by atoms with Gasteiger partial charge in [0.05, 0.1) is 4.91 Å². The standard InChI is InChI=1S/C8H8O4S/c1-6(13(10,11)12)7-3-2-4-8(9)5-7/h2-5,9H,1H2,(H,10,11,12). The Kier molecular flexibility index (Phi) is 2.40. The van der Waals surface area contributed by atoms with Gasteiger partial charge in [-0.2, -0.15) is 8.42 Å². The maximum Gasteiger partial charge on any atom is 0.294 e. The predicted octanol–water partition coefficient (Wildman–Crippen LogP) is 1.25. The van der Waals surface area contributed by atoms with Crippen molar-refractivity contribution in [1.29, 1.82) is 0 Å². The Morgan fingerprint density at radius 2 is 2.00 bits per heavy atom. The Hall–Kier alpha value is -1.33. The minimum Gasteiger partial charge on any atom is -0.508 e. The zero-order valence-corrected chi connectivity index (χ0v) is 7.45. The summed E-state index contributed by atoms with van der Waals surface area (Å²) < 4.78 is 29.9. The van der Waals surface area contributed by atoms with Crippen LogP contribution < -0.4 is 0 Å². The van der Waals surface area contributed by atoms with Crippen molar-refractivity contribution < 1.29 is 18.1 Å². The van der Waals surface area contributed by atoms with Gasteiger partial charge in [0.15, 0.2) is 0 Å². The van der Waals surface area contributed by atoms with E-state index in [0.717, 1.165) is 0 Å². The van der Waals surface area contributed by atoms with Crippen LogP contribution in [0.5, 0.6) is 5.75 Å². The summed E-state index contributed by atoms with van der Waals surface area (Å²) in [5.74, 6) is -0.0812. The lowest BCUT2D eigenvalue weighted by Crippen LogP contribution is -1.99. The fourth-order valence-electron chi connectivity index (χ4n) is 0.828. The van der Waals surface area contributed by atoms with Crippen LogP contribution in [0.2, 0.25) is 0 Å². The molecule has 4 nitrogen and oxygen atoms in total. The molecule has 1 aromatic rings. The molecule has 0 spiro atoms. The fraction of sp³-hybridized carbons (Fsp3) is 0. The molecule has 0 bridgehead atoms. The third-order valence-electron chi connectivity index (χ3n) is 1.48. The average molecular weight is 200 g/mol. The molecule has 0 amide bonds. The van der Waals surface area contributed by atoms with E-state index in [1.54, 1.807) is 0 Å². The number of aromatic hydroxyl groups is 1. The Bertz CT molecular complexity index is 433. The second kappa shape index (κ2) is 3.20. The van der Waals surface area contributed by atoms with Crippen LogP contribution in [0.1, 0.15) is 5.56 Å². The third-order valence-corrected chi connectivity index (χ3v) is 2.34. The summed E-state index contributed by atoms with van der Waals surface area (Å²) in [6.07, 6.45) is 0. The molecule has 0 aromatic heterocycles. The minimum atomic E-state index is -4.28. The molecule has 0 saturated heterocycles. The number of rotatable bonds is 2. The van der Waals surface area contributed by atoms with E-state index in [1.165, 1.54) is 24.3 Å². The highest BCUT2D eigenvalue weighted by molar-refractivity contribution is 7.95. The summed E-state index contributed by atoms with van der Waals surface area (Å²) in [6, 6.07) is 5.48. The average Bonchev–Trinajstić information content (AvgIpc) is 2.01. The number of hydrogen-bond acceptors (Lipinski definition) is 3. The molecular weight excluding hydrogens is 192 g/mol. The van der Waals surface area contributed by atoms with Crippen LogP contribution in [0.25, 0.3) is 4.91 Å². The quantitative estimate of drug-likeness (QED) is 0.704. The molecule has 0 aliphatic heterocycles. The van der Waals surface area contributed by atoms with Gasteiger partial charge < -0.3 is 5.11 Å². The van der Waals surface area contributed by atoms with Crippen LogP contribution in [0.3, 0.4) is 0 Å². The second-order valence-electron chi connectivity index (χ2n) is 2.45. The van der Waals surface area contributed by atoms with Gasteiger partial charge in [0.2, 0.25) is 0 Å². The van der Waals surface area contributed by atoms with Crippen LogP contribution in [0.15, 0.2) is 30.8 Å². The van der Waals surface area contributed by atoms with Gasteiger partial charge in [-0.3, -0.25) is 4.55 Å². The largest absolute Gasteiger partial charge is 0.508 e. The molecule has 0 aliphatic rings. The van der Waals surface area contributed by atoms with E-state index in [-0.39, 0.29) is 11.3 Å². The van der Waals surface area contributed by atoms with E-state index in [4.69, 9.17) is 9.66 Å². The van der Waals surface area contributed by atoms with E-state index >= 15 is 0 Å². The van der Waals surface area contributed by atoms with E-state index in [9.17, 15) is 8.42 Å². The molecule has 1 rings (SSSR count). The molecule has 70 valence electrons. The first-order chi connectivity index (χ1) is 5.91. The highest BCUT2D eigenvalue weighted by Gasteiger charge is 2.13. The number of phenols is 1. The van der Waals surface area contributed by atoms with Gasteiger partial charge in [-0.1, -0.05) is 18.7 Å². The highest BCUT2D eigenvalue weighted by atomic mass is 32.2. The second-order valence-corrected chi connectivity index (χ2v) is 3.89. The number of benzene rings is 1. The van der Waals surface area contributed by atoms with Crippen molar-refractivity contribution in [3.05, 3.63) is 36.4 Å². The van der Waals surface area contributed by atoms with E-state index in [1.807, 2.05) is 0 Å². The molecule has 0 heterocycles. The SMILES string of the molecule is C=C(c1cccc(O)c1)S(=O)(=O)O. The van der Waals surface area contributed by atoms with Gasteiger partial charge in [-0.25, -0.2) is 0 Å². The molecule has 13 heavy (non-hydrogen) atoms. The molecule has 0 unspecified atom stereocenters. The Labute approximate surface area is 75.9 Å². The normalized spacial score (nSPS) is 11.2. The van der Waals surface area contributed by atoms with E-state index < -0.39 is 15.0 Å². The summed E-state index contributed by atoms with van der Waals surface area (Å²) in [5, 5.41) is 9.01. The molecular formula is C8H8O4S. The lowest BCUT2D eigenvalue weighted by Gasteiger charge is -2.01. The fourth-order valence-corrected chi connectivity index (χ4v) is 1.25. The predicted molar refractivity (Wildman–Crippen MR) is 48.7 cm³/mol. The molecule has 0 saturated carbocycles. The van der Waals surface area contributed by atoms with Gasteiger partial charge in [-0.05, 0) is 17.7 Å². The first-order valence-electron chi connectivity index (χ1n) is 3.37. The smallest absolute Gasteiger partial charge is 0.294 e. The maximum atomic E-state index is 10.6. The van der Waals surface area contributed by atoms with Crippen molar-refractivity contribution in [3.63, 3.8) is 0 Å². The van der Waals surface area contributed by atoms with Crippen molar-refractivity contribution in [3.8, 4) is 5.75 Å². The van der Waals surface area contributed by atoms with Crippen molar-refractivity contribution in [2.75, 3.05) is 0 Å². The van der Waals surface area contributed by atoms with Gasteiger partial charge in [0.1, 0.15) is 5.75 Å². The summed E-state index contributed by atoms with van der Waals surface area (Å²) >= 11 is 0. The lowest BCUT2D eigenvalue weighted by atomic mass is 10.2. The lowest BCUT2D eigenvalue weighted by molar-refractivity contribution is 0.475. The topological polar surface area (TPSA) is 74.6 Å². The highest BCUT2D eigenvalue weighted by Crippen LogP contribution is 2.21. The summed E-state index contributed by atoms with van der Waals surface area (Å²) in [7, 11) is -4.28. The molecule has 0 radical (unpaired) electrons. The van der Waals surface area contributed by atoms with Crippen molar-refractivity contribution in [1.82, 2.24) is 0 Å². The van der Waals surface area contributed by atoms with Crippen molar-refractivity contribution >= 4 is 15.0 Å². The molecule has 1 aromatic carbocycles. The van der Waals surface area contributed by atoms with Crippen molar-refractivity contribution in [2.45, 2.75) is 0 Å². The summed E-state index contributed by atoms with van der Waals surface area (Å²) in [4.78, 5) is -0.427. The van der Waals surface area contributed by atoms with E-state index in [2.05, 4.69) is 6.58 Å². The Balaban J connectivity index is 3.18. The van der Waals surface area contributed by atoms with Crippen LogP contribution in [-0.4, -0.2) is 18.1 Å². The first kappa shape index (κ1) is 9.76. The van der Waals surface area contributed by atoms with Crippen LogP contribution in [0, 0.1) is 0 Å². The molecule has 0 fully saturated rings. The van der Waals surface area contributed by atoms with Gasteiger partial charge in [0.25, 0.3) is 10.1 Å². The summed E-state index contributed by atoms with van der Waals surface area (Å²) in [5.41, 5.74) is 0.169. The molecule has 5 heteroatoms. The van der Waals surface area contributed by atoms with Gasteiger partial charge in [0, 0.05) is 0 Å². The monoisotopic (exact) mass is 200 g/mol. The zero-order valence-electron chi connectivity index (χ0n) is 6.64. The molecule has 0 atom stereocenters. The van der Waals surface area contributed by atoms with Crippen LogP contribution in [-0.2, 0) is 10.1 Å². The van der Waals surface area contributed by atoms with E-state index in [0.29, 0.717) is 0 Å². The minimum absolute atomic E-state index is 0.0812.